The summed E-state index contributed by atoms with van der Waals surface area (Å²) in [4.78, 5) is 3.95. The first-order valence-electron chi connectivity index (χ1n) is 5.55. The quantitative estimate of drug-likeness (QED) is 0.759. The Labute approximate surface area is 113 Å². The molecule has 1 heterocycles. The molecular formula is C11H17N3O2S2. The van der Waals surface area contributed by atoms with Gasteiger partial charge in [0.1, 0.15) is 5.25 Å². The summed E-state index contributed by atoms with van der Waals surface area (Å²) in [5.74, 6) is 0. The Balaban J connectivity index is 2.79. The van der Waals surface area contributed by atoms with Crippen molar-refractivity contribution in [2.45, 2.75) is 32.1 Å². The SMILES string of the molecule is CCC(C(N)=S)S(=O)(=O)NCc1cnccc1C. The second kappa shape index (κ2) is 6.21. The van der Waals surface area contributed by atoms with E-state index in [1.54, 1.807) is 19.3 Å². The van der Waals surface area contributed by atoms with Crippen molar-refractivity contribution in [3.05, 3.63) is 29.6 Å². The lowest BCUT2D eigenvalue weighted by atomic mass is 10.2. The minimum Gasteiger partial charge on any atom is -0.392 e. The van der Waals surface area contributed by atoms with Gasteiger partial charge in [0.15, 0.2) is 0 Å². The molecule has 1 aromatic rings. The standard InChI is InChI=1S/C11H17N3O2S2/c1-3-10(11(12)17)18(15,16)14-7-9-6-13-5-4-8(9)2/h4-6,10,14H,3,7H2,1-2H3,(H2,12,17). The predicted molar refractivity (Wildman–Crippen MR) is 75.6 cm³/mol. The van der Waals surface area contributed by atoms with Crippen molar-refractivity contribution >= 4 is 27.2 Å². The van der Waals surface area contributed by atoms with Gasteiger partial charge >= 0.3 is 0 Å². The molecule has 7 heteroatoms. The number of thiocarbonyl (C=S) groups is 1. The van der Waals surface area contributed by atoms with Crippen molar-refractivity contribution in [2.24, 2.45) is 5.73 Å². The second-order valence-electron chi connectivity index (χ2n) is 3.97. The number of aromatic nitrogens is 1. The molecule has 0 radical (unpaired) electrons. The van der Waals surface area contributed by atoms with Gasteiger partial charge < -0.3 is 5.73 Å². The van der Waals surface area contributed by atoms with Crippen molar-refractivity contribution in [1.82, 2.24) is 9.71 Å². The van der Waals surface area contributed by atoms with Gasteiger partial charge in [-0.2, -0.15) is 0 Å². The van der Waals surface area contributed by atoms with Crippen molar-refractivity contribution in [2.75, 3.05) is 0 Å². The third kappa shape index (κ3) is 3.72. The van der Waals surface area contributed by atoms with Crippen LogP contribution in [0.4, 0.5) is 0 Å². The zero-order valence-corrected chi connectivity index (χ0v) is 12.0. The molecule has 1 rings (SSSR count). The zero-order valence-electron chi connectivity index (χ0n) is 10.4. The summed E-state index contributed by atoms with van der Waals surface area (Å²) in [6, 6.07) is 1.83. The van der Waals surface area contributed by atoms with Crippen LogP contribution in [-0.4, -0.2) is 23.6 Å². The number of rotatable bonds is 6. The van der Waals surface area contributed by atoms with Gasteiger partial charge in [-0.1, -0.05) is 19.1 Å². The molecule has 18 heavy (non-hydrogen) atoms. The fraction of sp³-hybridized carbons (Fsp3) is 0.455. The lowest BCUT2D eigenvalue weighted by Gasteiger charge is -2.15. The molecule has 0 saturated heterocycles. The maximum Gasteiger partial charge on any atom is 0.221 e. The molecule has 5 nitrogen and oxygen atoms in total. The summed E-state index contributed by atoms with van der Waals surface area (Å²) in [5.41, 5.74) is 7.25. The van der Waals surface area contributed by atoms with Gasteiger partial charge in [-0.05, 0) is 30.5 Å². The van der Waals surface area contributed by atoms with E-state index in [-0.39, 0.29) is 11.5 Å². The number of nitrogens with zero attached hydrogens (tertiary/aromatic N) is 1. The fourth-order valence-corrected chi connectivity index (χ4v) is 3.38. The summed E-state index contributed by atoms with van der Waals surface area (Å²) < 4.78 is 26.5. The summed E-state index contributed by atoms with van der Waals surface area (Å²) in [6.45, 7) is 3.83. The highest BCUT2D eigenvalue weighted by Gasteiger charge is 2.25. The first-order chi connectivity index (χ1) is 8.38. The van der Waals surface area contributed by atoms with E-state index in [2.05, 4.69) is 9.71 Å². The third-order valence-corrected chi connectivity index (χ3v) is 4.99. The molecule has 100 valence electrons. The molecule has 0 aromatic carbocycles. The number of pyridine rings is 1. The Morgan fingerprint density at radius 3 is 2.78 bits per heavy atom. The maximum absolute atomic E-state index is 12.0. The fourth-order valence-electron chi connectivity index (χ4n) is 1.53. The highest BCUT2D eigenvalue weighted by atomic mass is 32.2. The summed E-state index contributed by atoms with van der Waals surface area (Å²) >= 11 is 4.77. The monoisotopic (exact) mass is 287 g/mol. The van der Waals surface area contributed by atoms with Gasteiger partial charge in [-0.3, -0.25) is 4.98 Å². The van der Waals surface area contributed by atoms with Gasteiger partial charge in [-0.25, -0.2) is 13.1 Å². The van der Waals surface area contributed by atoms with Crippen molar-refractivity contribution < 1.29 is 8.42 Å². The molecule has 0 bridgehead atoms. The highest BCUT2D eigenvalue weighted by molar-refractivity contribution is 7.93. The Bertz CT molecular complexity index is 529. The van der Waals surface area contributed by atoms with Crippen molar-refractivity contribution in [3.63, 3.8) is 0 Å². The number of nitrogens with one attached hydrogen (secondary N) is 1. The van der Waals surface area contributed by atoms with Crippen LogP contribution >= 0.6 is 12.2 Å². The molecule has 1 aromatic heterocycles. The molecule has 0 aliphatic rings. The predicted octanol–water partition coefficient (Wildman–Crippen LogP) is 0.874. The Morgan fingerprint density at radius 1 is 1.61 bits per heavy atom. The number of hydrogen-bond donors (Lipinski definition) is 2. The van der Waals surface area contributed by atoms with Crippen LogP contribution in [0.25, 0.3) is 0 Å². The van der Waals surface area contributed by atoms with Gasteiger partial charge in [0.25, 0.3) is 0 Å². The van der Waals surface area contributed by atoms with Gasteiger partial charge in [0, 0.05) is 18.9 Å². The smallest absolute Gasteiger partial charge is 0.221 e. The topological polar surface area (TPSA) is 85.1 Å². The summed E-state index contributed by atoms with van der Waals surface area (Å²) in [5, 5.41) is -0.829. The Morgan fingerprint density at radius 2 is 2.28 bits per heavy atom. The first-order valence-corrected chi connectivity index (χ1v) is 7.51. The van der Waals surface area contributed by atoms with E-state index in [9.17, 15) is 8.42 Å². The molecule has 0 fully saturated rings. The summed E-state index contributed by atoms with van der Waals surface area (Å²) in [6.07, 6.45) is 3.66. The van der Waals surface area contributed by atoms with Crippen LogP contribution < -0.4 is 10.5 Å². The van der Waals surface area contributed by atoms with Crippen molar-refractivity contribution in [1.29, 1.82) is 0 Å². The van der Waals surface area contributed by atoms with Crippen LogP contribution in [0.5, 0.6) is 0 Å². The number of sulfonamides is 1. The first kappa shape index (κ1) is 15.0. The van der Waals surface area contributed by atoms with Crippen LogP contribution in [0.2, 0.25) is 0 Å². The molecule has 0 amide bonds. The average molecular weight is 287 g/mol. The van der Waals surface area contributed by atoms with Gasteiger partial charge in [-0.15, -0.1) is 0 Å². The van der Waals surface area contributed by atoms with E-state index in [1.807, 2.05) is 13.0 Å². The Kier molecular flexibility index (Phi) is 5.18. The zero-order chi connectivity index (χ0) is 13.8. The maximum atomic E-state index is 12.0. The van der Waals surface area contributed by atoms with Crippen LogP contribution in [0.1, 0.15) is 24.5 Å². The molecule has 3 N–H and O–H groups in total. The molecular weight excluding hydrogens is 270 g/mol. The minimum atomic E-state index is -3.53. The lowest BCUT2D eigenvalue weighted by Crippen LogP contribution is -2.41. The van der Waals surface area contributed by atoms with E-state index in [4.69, 9.17) is 18.0 Å². The van der Waals surface area contributed by atoms with Crippen molar-refractivity contribution in [3.8, 4) is 0 Å². The largest absolute Gasteiger partial charge is 0.392 e. The van der Waals surface area contributed by atoms with Crippen LogP contribution in [0, 0.1) is 6.92 Å². The van der Waals surface area contributed by atoms with Crippen LogP contribution in [-0.2, 0) is 16.6 Å². The molecule has 0 saturated carbocycles. The molecule has 1 unspecified atom stereocenters. The number of aryl methyl sites for hydroxylation is 1. The Hall–Kier alpha value is -1.05. The van der Waals surface area contributed by atoms with E-state index < -0.39 is 15.3 Å². The highest BCUT2D eigenvalue weighted by Crippen LogP contribution is 2.08. The summed E-state index contributed by atoms with van der Waals surface area (Å²) in [7, 11) is -3.53. The average Bonchev–Trinajstić information content (AvgIpc) is 2.28. The number of hydrogen-bond acceptors (Lipinski definition) is 4. The minimum absolute atomic E-state index is 0.00657. The van der Waals surface area contributed by atoms with E-state index in [1.165, 1.54) is 0 Å². The molecule has 0 aliphatic carbocycles. The second-order valence-corrected chi connectivity index (χ2v) is 6.39. The lowest BCUT2D eigenvalue weighted by molar-refractivity contribution is 0.574. The molecule has 0 aliphatic heterocycles. The molecule has 1 atom stereocenters. The van der Waals surface area contributed by atoms with Gasteiger partial charge in [0.05, 0.1) is 4.99 Å². The van der Waals surface area contributed by atoms with E-state index in [0.29, 0.717) is 6.42 Å². The normalized spacial score (nSPS) is 13.2. The van der Waals surface area contributed by atoms with Gasteiger partial charge in [0.2, 0.25) is 10.0 Å². The third-order valence-electron chi connectivity index (χ3n) is 2.67. The van der Waals surface area contributed by atoms with Crippen LogP contribution in [0.3, 0.4) is 0 Å². The molecule has 0 spiro atoms. The van der Waals surface area contributed by atoms with E-state index >= 15 is 0 Å². The number of nitrogens with two attached hydrogens (primary N) is 1. The van der Waals surface area contributed by atoms with E-state index in [0.717, 1.165) is 11.1 Å². The van der Waals surface area contributed by atoms with Crippen LogP contribution in [0.15, 0.2) is 18.5 Å².